The molecule has 0 spiro atoms. The van der Waals surface area contributed by atoms with Crippen LogP contribution in [0.5, 0.6) is 5.75 Å². The van der Waals surface area contributed by atoms with E-state index in [1.54, 1.807) is 6.92 Å². The summed E-state index contributed by atoms with van der Waals surface area (Å²) in [5, 5.41) is 3.01. The Morgan fingerprint density at radius 1 is 1.04 bits per heavy atom. The predicted octanol–water partition coefficient (Wildman–Crippen LogP) is 4.49. The van der Waals surface area contributed by atoms with Gasteiger partial charge in [0.05, 0.1) is 0 Å². The van der Waals surface area contributed by atoms with E-state index in [9.17, 15) is 4.79 Å². The summed E-state index contributed by atoms with van der Waals surface area (Å²) in [5.41, 5.74) is 3.56. The molecule has 1 N–H and O–H groups in total. The molecule has 2 aromatic rings. The number of carbonyl (C=O) groups is 1. The van der Waals surface area contributed by atoms with E-state index in [1.165, 1.54) is 31.5 Å². The number of nitrogens with one attached hydrogen (secondary N) is 1. The standard InChI is InChI=1S/C24H32N2O2/c1-18(2)22-11-4-5-12-23(22)28-19(3)24(27)25-16-20-9-8-10-21(15-20)17-26-13-6-7-14-26/h4-5,8-12,15,18-19H,6-7,13-14,16-17H2,1-3H3,(H,25,27). The minimum atomic E-state index is -0.535. The highest BCUT2D eigenvalue weighted by Crippen LogP contribution is 2.26. The van der Waals surface area contributed by atoms with E-state index in [1.807, 2.05) is 18.2 Å². The molecule has 1 fully saturated rings. The van der Waals surface area contributed by atoms with Crippen molar-refractivity contribution in [3.8, 4) is 5.75 Å². The number of carbonyl (C=O) groups excluding carboxylic acids is 1. The minimum absolute atomic E-state index is 0.0940. The number of hydrogen-bond donors (Lipinski definition) is 1. The zero-order valence-corrected chi connectivity index (χ0v) is 17.3. The van der Waals surface area contributed by atoms with Gasteiger partial charge in [0.1, 0.15) is 5.75 Å². The van der Waals surface area contributed by atoms with Gasteiger partial charge in [-0.1, -0.05) is 56.3 Å². The minimum Gasteiger partial charge on any atom is -0.481 e. The molecule has 2 aromatic carbocycles. The SMILES string of the molecule is CC(Oc1ccccc1C(C)C)C(=O)NCc1cccc(CN2CCCC2)c1. The van der Waals surface area contributed by atoms with Gasteiger partial charge in [0.2, 0.25) is 0 Å². The lowest BCUT2D eigenvalue weighted by Gasteiger charge is -2.19. The molecular formula is C24H32N2O2. The number of amides is 1. The van der Waals surface area contributed by atoms with Gasteiger partial charge in [0.15, 0.2) is 6.10 Å². The van der Waals surface area contributed by atoms with Gasteiger partial charge in [-0.2, -0.15) is 0 Å². The molecule has 1 saturated heterocycles. The third-order valence-electron chi connectivity index (χ3n) is 5.28. The Morgan fingerprint density at radius 2 is 1.75 bits per heavy atom. The van der Waals surface area contributed by atoms with Crippen LogP contribution in [-0.2, 0) is 17.9 Å². The molecule has 3 rings (SSSR count). The maximum atomic E-state index is 12.5. The van der Waals surface area contributed by atoms with Crippen LogP contribution >= 0.6 is 0 Å². The second kappa shape index (κ2) is 9.74. The maximum Gasteiger partial charge on any atom is 0.261 e. The van der Waals surface area contributed by atoms with Gasteiger partial charge >= 0.3 is 0 Å². The monoisotopic (exact) mass is 380 g/mol. The van der Waals surface area contributed by atoms with Crippen molar-refractivity contribution in [2.75, 3.05) is 13.1 Å². The molecule has 1 aliphatic rings. The summed E-state index contributed by atoms with van der Waals surface area (Å²) >= 11 is 0. The first-order valence-corrected chi connectivity index (χ1v) is 10.4. The topological polar surface area (TPSA) is 41.6 Å². The fourth-order valence-electron chi connectivity index (χ4n) is 3.68. The lowest BCUT2D eigenvalue weighted by Crippen LogP contribution is -2.36. The number of nitrogens with zero attached hydrogens (tertiary/aromatic N) is 1. The summed E-state index contributed by atoms with van der Waals surface area (Å²) in [6, 6.07) is 16.4. The molecule has 150 valence electrons. The molecule has 1 atom stereocenters. The molecule has 0 aliphatic carbocycles. The zero-order chi connectivity index (χ0) is 19.9. The van der Waals surface area contributed by atoms with Gasteiger partial charge in [0, 0.05) is 13.1 Å². The van der Waals surface area contributed by atoms with Crippen molar-refractivity contribution in [3.63, 3.8) is 0 Å². The quantitative estimate of drug-likeness (QED) is 0.734. The number of rotatable bonds is 8. The molecule has 0 aromatic heterocycles. The van der Waals surface area contributed by atoms with Gasteiger partial charge < -0.3 is 10.1 Å². The van der Waals surface area contributed by atoms with Crippen LogP contribution in [0.3, 0.4) is 0 Å². The molecule has 1 amide bonds. The Labute approximate surface area is 168 Å². The molecule has 1 aliphatic heterocycles. The van der Waals surface area contributed by atoms with Crippen molar-refractivity contribution in [2.45, 2.75) is 58.7 Å². The van der Waals surface area contributed by atoms with Crippen molar-refractivity contribution >= 4 is 5.91 Å². The smallest absolute Gasteiger partial charge is 0.261 e. The molecule has 4 nitrogen and oxygen atoms in total. The van der Waals surface area contributed by atoms with E-state index in [0.29, 0.717) is 12.5 Å². The Morgan fingerprint density at radius 3 is 2.50 bits per heavy atom. The molecule has 1 heterocycles. The molecular weight excluding hydrogens is 348 g/mol. The van der Waals surface area contributed by atoms with Gasteiger partial charge in [-0.25, -0.2) is 0 Å². The molecule has 0 bridgehead atoms. The van der Waals surface area contributed by atoms with Crippen LogP contribution in [0.4, 0.5) is 0 Å². The van der Waals surface area contributed by atoms with Crippen LogP contribution in [0.1, 0.15) is 56.2 Å². The third kappa shape index (κ3) is 5.59. The fourth-order valence-corrected chi connectivity index (χ4v) is 3.68. The normalized spacial score (nSPS) is 15.6. The van der Waals surface area contributed by atoms with Crippen LogP contribution in [0, 0.1) is 0 Å². The summed E-state index contributed by atoms with van der Waals surface area (Å²) in [5.74, 6) is 1.04. The fraction of sp³-hybridized carbons (Fsp3) is 0.458. The summed E-state index contributed by atoms with van der Waals surface area (Å²) in [6.07, 6.45) is 2.06. The highest BCUT2D eigenvalue weighted by atomic mass is 16.5. The number of hydrogen-bond acceptors (Lipinski definition) is 3. The largest absolute Gasteiger partial charge is 0.481 e. The Balaban J connectivity index is 1.53. The van der Waals surface area contributed by atoms with Crippen molar-refractivity contribution in [3.05, 3.63) is 65.2 Å². The first-order chi connectivity index (χ1) is 13.5. The van der Waals surface area contributed by atoms with Gasteiger partial charge in [-0.05, 0) is 61.5 Å². The van der Waals surface area contributed by atoms with Gasteiger partial charge in [0.25, 0.3) is 5.91 Å². The molecule has 0 saturated carbocycles. The average molecular weight is 381 g/mol. The molecule has 1 unspecified atom stereocenters. The number of benzene rings is 2. The van der Waals surface area contributed by atoms with E-state index in [0.717, 1.165) is 23.4 Å². The van der Waals surface area contributed by atoms with Crippen LogP contribution < -0.4 is 10.1 Å². The highest BCUT2D eigenvalue weighted by molar-refractivity contribution is 5.80. The Hall–Kier alpha value is -2.33. The van der Waals surface area contributed by atoms with Crippen LogP contribution in [-0.4, -0.2) is 30.0 Å². The lowest BCUT2D eigenvalue weighted by molar-refractivity contribution is -0.127. The zero-order valence-electron chi connectivity index (χ0n) is 17.3. The van der Waals surface area contributed by atoms with Gasteiger partial charge in [-0.15, -0.1) is 0 Å². The first kappa shape index (κ1) is 20.4. The van der Waals surface area contributed by atoms with E-state index < -0.39 is 6.10 Å². The van der Waals surface area contributed by atoms with Crippen LogP contribution in [0.15, 0.2) is 48.5 Å². The van der Waals surface area contributed by atoms with E-state index >= 15 is 0 Å². The number of likely N-dealkylation sites (tertiary alicyclic amines) is 1. The maximum absolute atomic E-state index is 12.5. The lowest BCUT2D eigenvalue weighted by atomic mass is 10.0. The Kier molecular flexibility index (Phi) is 7.10. The Bertz CT molecular complexity index is 782. The first-order valence-electron chi connectivity index (χ1n) is 10.4. The molecule has 0 radical (unpaired) electrons. The number of para-hydroxylation sites is 1. The van der Waals surface area contributed by atoms with Gasteiger partial charge in [-0.3, -0.25) is 9.69 Å². The summed E-state index contributed by atoms with van der Waals surface area (Å²) in [6.45, 7) is 9.95. The third-order valence-corrected chi connectivity index (χ3v) is 5.28. The van der Waals surface area contributed by atoms with Crippen molar-refractivity contribution in [1.29, 1.82) is 0 Å². The number of ether oxygens (including phenoxy) is 1. The second-order valence-electron chi connectivity index (χ2n) is 7.97. The molecule has 28 heavy (non-hydrogen) atoms. The predicted molar refractivity (Wildman–Crippen MR) is 113 cm³/mol. The van der Waals surface area contributed by atoms with Crippen molar-refractivity contribution < 1.29 is 9.53 Å². The second-order valence-corrected chi connectivity index (χ2v) is 7.97. The summed E-state index contributed by atoms with van der Waals surface area (Å²) < 4.78 is 5.95. The van der Waals surface area contributed by atoms with E-state index in [-0.39, 0.29) is 5.91 Å². The van der Waals surface area contributed by atoms with Crippen molar-refractivity contribution in [2.24, 2.45) is 0 Å². The van der Waals surface area contributed by atoms with E-state index in [4.69, 9.17) is 4.74 Å². The van der Waals surface area contributed by atoms with Crippen LogP contribution in [0.25, 0.3) is 0 Å². The van der Waals surface area contributed by atoms with E-state index in [2.05, 4.69) is 54.4 Å². The van der Waals surface area contributed by atoms with Crippen molar-refractivity contribution in [1.82, 2.24) is 10.2 Å². The van der Waals surface area contributed by atoms with Crippen LogP contribution in [0.2, 0.25) is 0 Å². The summed E-state index contributed by atoms with van der Waals surface area (Å²) in [4.78, 5) is 15.0. The molecule has 4 heteroatoms. The summed E-state index contributed by atoms with van der Waals surface area (Å²) in [7, 11) is 0. The average Bonchev–Trinajstić information content (AvgIpc) is 3.19. The highest BCUT2D eigenvalue weighted by Gasteiger charge is 2.17.